The number of hydrogen-bond donors (Lipinski definition) is 0. The molecule has 0 spiro atoms. The molecule has 0 amide bonds. The van der Waals surface area contributed by atoms with Crippen LogP contribution in [0, 0.1) is 0 Å². The lowest BCUT2D eigenvalue weighted by atomic mass is 10.1. The Bertz CT molecular complexity index is 338. The SMILES string of the molecule is CCCCCCCn1nnnc1C(=O)OCC. The van der Waals surface area contributed by atoms with Gasteiger partial charge in [-0.25, -0.2) is 9.48 Å². The van der Waals surface area contributed by atoms with Gasteiger partial charge in [-0.15, -0.1) is 5.10 Å². The molecule has 0 aliphatic heterocycles. The van der Waals surface area contributed by atoms with Crippen LogP contribution in [0.25, 0.3) is 0 Å². The largest absolute Gasteiger partial charge is 0.460 e. The second-order valence-electron chi connectivity index (χ2n) is 3.86. The highest BCUT2D eigenvalue weighted by molar-refractivity contribution is 5.85. The standard InChI is InChI=1S/C11H20N4O2/c1-3-5-6-7-8-9-15-10(12-13-14-15)11(16)17-4-2/h3-9H2,1-2H3. The summed E-state index contributed by atoms with van der Waals surface area (Å²) in [6.45, 7) is 4.95. The molecule has 1 heterocycles. The molecule has 0 aromatic carbocycles. The highest BCUT2D eigenvalue weighted by atomic mass is 16.5. The predicted molar refractivity (Wildman–Crippen MR) is 62.5 cm³/mol. The van der Waals surface area contributed by atoms with Crippen LogP contribution in [-0.4, -0.2) is 32.8 Å². The van der Waals surface area contributed by atoms with Crippen molar-refractivity contribution >= 4 is 5.97 Å². The number of aromatic nitrogens is 4. The van der Waals surface area contributed by atoms with Gasteiger partial charge in [-0.2, -0.15) is 0 Å². The third kappa shape index (κ3) is 4.50. The molecule has 0 unspecified atom stereocenters. The van der Waals surface area contributed by atoms with Crippen LogP contribution >= 0.6 is 0 Å². The van der Waals surface area contributed by atoms with Gasteiger partial charge in [0.1, 0.15) is 0 Å². The van der Waals surface area contributed by atoms with Gasteiger partial charge in [0, 0.05) is 6.54 Å². The Balaban J connectivity index is 2.38. The summed E-state index contributed by atoms with van der Waals surface area (Å²) in [6.07, 6.45) is 5.81. The van der Waals surface area contributed by atoms with Crippen molar-refractivity contribution in [1.29, 1.82) is 0 Å². The Morgan fingerprint density at radius 3 is 2.71 bits per heavy atom. The minimum atomic E-state index is -0.453. The summed E-state index contributed by atoms with van der Waals surface area (Å²) in [5.74, 6) is -0.256. The maximum atomic E-state index is 11.5. The average Bonchev–Trinajstić information content (AvgIpc) is 2.77. The first-order valence-corrected chi connectivity index (χ1v) is 6.22. The molecular formula is C11H20N4O2. The van der Waals surface area contributed by atoms with Crippen LogP contribution < -0.4 is 0 Å². The molecule has 0 saturated heterocycles. The second kappa shape index (κ2) is 7.76. The number of unbranched alkanes of at least 4 members (excludes halogenated alkanes) is 4. The van der Waals surface area contributed by atoms with Crippen LogP contribution in [0.1, 0.15) is 56.6 Å². The molecule has 0 fully saturated rings. The van der Waals surface area contributed by atoms with Crippen molar-refractivity contribution in [1.82, 2.24) is 20.2 Å². The van der Waals surface area contributed by atoms with E-state index in [1.807, 2.05) is 0 Å². The van der Waals surface area contributed by atoms with E-state index in [1.54, 1.807) is 6.92 Å². The molecule has 1 aromatic rings. The van der Waals surface area contributed by atoms with Gasteiger partial charge >= 0.3 is 5.97 Å². The molecule has 17 heavy (non-hydrogen) atoms. The summed E-state index contributed by atoms with van der Waals surface area (Å²) in [5, 5.41) is 11.0. The summed E-state index contributed by atoms with van der Waals surface area (Å²) >= 11 is 0. The van der Waals surface area contributed by atoms with Crippen LogP contribution in [0.5, 0.6) is 0 Å². The summed E-state index contributed by atoms with van der Waals surface area (Å²) < 4.78 is 6.39. The minimum absolute atomic E-state index is 0.197. The normalized spacial score (nSPS) is 10.5. The van der Waals surface area contributed by atoms with Crippen LogP contribution in [0.2, 0.25) is 0 Å². The molecule has 0 N–H and O–H groups in total. The highest BCUT2D eigenvalue weighted by Crippen LogP contribution is 2.05. The summed E-state index contributed by atoms with van der Waals surface area (Å²) in [6, 6.07) is 0. The number of rotatable bonds is 8. The van der Waals surface area contributed by atoms with Gasteiger partial charge in [-0.1, -0.05) is 32.6 Å². The first kappa shape index (κ1) is 13.6. The number of esters is 1. The zero-order valence-electron chi connectivity index (χ0n) is 10.6. The lowest BCUT2D eigenvalue weighted by molar-refractivity contribution is 0.0504. The lowest BCUT2D eigenvalue weighted by Gasteiger charge is -2.03. The van der Waals surface area contributed by atoms with E-state index < -0.39 is 5.97 Å². The number of ether oxygens (including phenoxy) is 1. The summed E-state index contributed by atoms with van der Waals surface area (Å²) in [4.78, 5) is 11.5. The van der Waals surface area contributed by atoms with E-state index >= 15 is 0 Å². The van der Waals surface area contributed by atoms with E-state index in [4.69, 9.17) is 4.74 Å². The minimum Gasteiger partial charge on any atom is -0.460 e. The molecule has 0 saturated carbocycles. The van der Waals surface area contributed by atoms with E-state index in [1.165, 1.54) is 23.9 Å². The fraction of sp³-hybridized carbons (Fsp3) is 0.818. The van der Waals surface area contributed by atoms with Gasteiger partial charge in [-0.3, -0.25) is 0 Å². The Kier molecular flexibility index (Phi) is 6.21. The highest BCUT2D eigenvalue weighted by Gasteiger charge is 2.15. The van der Waals surface area contributed by atoms with Gasteiger partial charge in [-0.05, 0) is 23.8 Å². The van der Waals surface area contributed by atoms with Crippen molar-refractivity contribution < 1.29 is 9.53 Å². The van der Waals surface area contributed by atoms with E-state index in [2.05, 4.69) is 22.4 Å². The van der Waals surface area contributed by atoms with Crippen molar-refractivity contribution in [2.45, 2.75) is 52.5 Å². The Morgan fingerprint density at radius 2 is 2.00 bits per heavy atom. The maximum absolute atomic E-state index is 11.5. The van der Waals surface area contributed by atoms with E-state index in [0.717, 1.165) is 12.8 Å². The molecule has 0 aliphatic rings. The Morgan fingerprint density at radius 1 is 1.24 bits per heavy atom. The molecule has 0 bridgehead atoms. The first-order chi connectivity index (χ1) is 8.29. The van der Waals surface area contributed by atoms with Gasteiger partial charge < -0.3 is 4.74 Å². The third-order valence-electron chi connectivity index (χ3n) is 2.46. The predicted octanol–water partition coefficient (Wildman–Crippen LogP) is 1.82. The molecule has 1 aromatic heterocycles. The molecule has 0 radical (unpaired) electrons. The molecule has 6 heteroatoms. The van der Waals surface area contributed by atoms with Crippen LogP contribution in [-0.2, 0) is 11.3 Å². The molecule has 96 valence electrons. The summed E-state index contributed by atoms with van der Waals surface area (Å²) in [5.41, 5.74) is 0. The van der Waals surface area contributed by atoms with Crippen LogP contribution in [0.4, 0.5) is 0 Å². The molecular weight excluding hydrogens is 220 g/mol. The fourth-order valence-electron chi connectivity index (χ4n) is 1.56. The number of aryl methyl sites for hydroxylation is 1. The Hall–Kier alpha value is -1.46. The van der Waals surface area contributed by atoms with Crippen molar-refractivity contribution in [2.24, 2.45) is 0 Å². The topological polar surface area (TPSA) is 69.9 Å². The van der Waals surface area contributed by atoms with Crippen molar-refractivity contribution in [3.05, 3.63) is 5.82 Å². The number of carbonyl (C=O) groups excluding carboxylic acids is 1. The van der Waals surface area contributed by atoms with Crippen molar-refractivity contribution in [3.63, 3.8) is 0 Å². The van der Waals surface area contributed by atoms with Gasteiger partial charge in [0.25, 0.3) is 5.82 Å². The molecule has 1 rings (SSSR count). The number of carbonyl (C=O) groups is 1. The second-order valence-corrected chi connectivity index (χ2v) is 3.86. The van der Waals surface area contributed by atoms with Crippen molar-refractivity contribution in [3.8, 4) is 0 Å². The number of hydrogen-bond acceptors (Lipinski definition) is 5. The zero-order chi connectivity index (χ0) is 12.5. The van der Waals surface area contributed by atoms with E-state index in [-0.39, 0.29) is 5.82 Å². The molecule has 6 nitrogen and oxygen atoms in total. The van der Waals surface area contributed by atoms with Crippen molar-refractivity contribution in [2.75, 3.05) is 6.61 Å². The molecule has 0 aliphatic carbocycles. The first-order valence-electron chi connectivity index (χ1n) is 6.22. The van der Waals surface area contributed by atoms with Gasteiger partial charge in [0.2, 0.25) is 0 Å². The number of tetrazole rings is 1. The third-order valence-corrected chi connectivity index (χ3v) is 2.46. The quantitative estimate of drug-likeness (QED) is 0.512. The summed E-state index contributed by atoms with van der Waals surface area (Å²) in [7, 11) is 0. The van der Waals surface area contributed by atoms with Crippen LogP contribution in [0.15, 0.2) is 0 Å². The Labute approximate surface area is 101 Å². The monoisotopic (exact) mass is 240 g/mol. The number of nitrogens with zero attached hydrogens (tertiary/aromatic N) is 4. The lowest BCUT2D eigenvalue weighted by Crippen LogP contribution is -2.14. The van der Waals surface area contributed by atoms with E-state index in [0.29, 0.717) is 13.2 Å². The maximum Gasteiger partial charge on any atom is 0.378 e. The average molecular weight is 240 g/mol. The van der Waals surface area contributed by atoms with Gasteiger partial charge in [0.15, 0.2) is 0 Å². The molecule has 0 atom stereocenters. The zero-order valence-corrected chi connectivity index (χ0v) is 10.6. The fourth-order valence-corrected chi connectivity index (χ4v) is 1.56. The van der Waals surface area contributed by atoms with Crippen LogP contribution in [0.3, 0.4) is 0 Å². The van der Waals surface area contributed by atoms with Gasteiger partial charge in [0.05, 0.1) is 6.61 Å². The van der Waals surface area contributed by atoms with E-state index in [9.17, 15) is 4.79 Å². The smallest absolute Gasteiger partial charge is 0.378 e.